The summed E-state index contributed by atoms with van der Waals surface area (Å²) < 4.78 is 3.17. The van der Waals surface area contributed by atoms with Gasteiger partial charge in [0.15, 0.2) is 0 Å². The lowest BCUT2D eigenvalue weighted by Gasteiger charge is -2.46. The average Bonchev–Trinajstić information content (AvgIpc) is 3.21. The van der Waals surface area contributed by atoms with Crippen molar-refractivity contribution in [2.24, 2.45) is 0 Å². The molecule has 0 aromatic carbocycles. The summed E-state index contributed by atoms with van der Waals surface area (Å²) in [6.45, 7) is 6.12. The van der Waals surface area contributed by atoms with Gasteiger partial charge in [0.05, 0.1) is 0 Å². The summed E-state index contributed by atoms with van der Waals surface area (Å²) in [5, 5.41) is 3.38. The van der Waals surface area contributed by atoms with Crippen molar-refractivity contribution < 1.29 is 4.79 Å². The lowest BCUT2D eigenvalue weighted by Crippen LogP contribution is -2.64. The van der Waals surface area contributed by atoms with Crippen LogP contribution in [-0.2, 0) is 0 Å². The van der Waals surface area contributed by atoms with Crippen LogP contribution in [0.25, 0.3) is 0 Å². The number of hydrogen-bond acceptors (Lipinski definition) is 3. The first-order valence-corrected chi connectivity index (χ1v) is 8.63. The minimum atomic E-state index is 0.194. The van der Waals surface area contributed by atoms with Crippen molar-refractivity contribution in [3.63, 3.8) is 0 Å². The highest BCUT2D eigenvalue weighted by molar-refractivity contribution is 9.10. The molecule has 3 aliphatic rings. The monoisotopic (exact) mass is 352 g/mol. The number of rotatable bonds is 3. The van der Waals surface area contributed by atoms with E-state index in [0.29, 0.717) is 12.1 Å². The smallest absolute Gasteiger partial charge is 0.270 e. The fraction of sp³-hybridized carbons (Fsp3) is 0.667. The summed E-state index contributed by atoms with van der Waals surface area (Å²) in [6, 6.07) is 3.07. The first-order valence-electron chi connectivity index (χ1n) is 7.84. The van der Waals surface area contributed by atoms with E-state index in [1.54, 1.807) is 0 Å². The van der Waals surface area contributed by atoms with E-state index in [9.17, 15) is 4.79 Å². The molecule has 4 rings (SSSR count). The van der Waals surface area contributed by atoms with Crippen molar-refractivity contribution in [3.8, 4) is 0 Å². The molecule has 0 bridgehead atoms. The number of carbonyl (C=O) groups excluding carboxylic acids is 1. The van der Waals surface area contributed by atoms with E-state index in [1.165, 1.54) is 12.8 Å². The van der Waals surface area contributed by atoms with Gasteiger partial charge in [-0.3, -0.25) is 9.69 Å². The molecule has 0 spiro atoms. The second kappa shape index (κ2) is 5.41. The lowest BCUT2D eigenvalue weighted by atomic mass is 10.1. The van der Waals surface area contributed by atoms with Crippen LogP contribution in [0, 0.1) is 0 Å². The topological polar surface area (TPSA) is 40.5 Å². The van der Waals surface area contributed by atoms with E-state index in [4.69, 9.17) is 0 Å². The third-order valence-corrected chi connectivity index (χ3v) is 5.23. The van der Waals surface area contributed by atoms with Crippen molar-refractivity contribution in [2.75, 3.05) is 39.3 Å². The quantitative estimate of drug-likeness (QED) is 0.891. The molecule has 1 amide bonds. The van der Waals surface area contributed by atoms with Crippen molar-refractivity contribution >= 4 is 21.8 Å². The third kappa shape index (κ3) is 2.64. The molecule has 6 heteroatoms. The van der Waals surface area contributed by atoms with Crippen LogP contribution < -0.4 is 5.32 Å². The van der Waals surface area contributed by atoms with Crippen LogP contribution in [-0.4, -0.2) is 65.6 Å². The summed E-state index contributed by atoms with van der Waals surface area (Å²) in [7, 11) is 0. The van der Waals surface area contributed by atoms with Crippen LogP contribution in [0.1, 0.15) is 29.4 Å². The van der Waals surface area contributed by atoms with Gasteiger partial charge in [-0.25, -0.2) is 0 Å². The number of piperazine rings is 1. The Morgan fingerprint density at radius 3 is 2.57 bits per heavy atom. The average molecular weight is 353 g/mol. The first kappa shape index (κ1) is 13.8. The van der Waals surface area contributed by atoms with Gasteiger partial charge in [-0.15, -0.1) is 0 Å². The van der Waals surface area contributed by atoms with E-state index in [0.717, 1.165) is 49.4 Å². The SMILES string of the molecule is O=C(c1cc(Br)cn1C1CC1)N1CC(N2CCNCC2)C1. The molecule has 114 valence electrons. The summed E-state index contributed by atoms with van der Waals surface area (Å²) in [4.78, 5) is 17.2. The van der Waals surface area contributed by atoms with Gasteiger partial charge >= 0.3 is 0 Å². The van der Waals surface area contributed by atoms with Crippen molar-refractivity contribution in [1.29, 1.82) is 0 Å². The van der Waals surface area contributed by atoms with Crippen molar-refractivity contribution in [3.05, 3.63) is 22.4 Å². The molecule has 1 aliphatic carbocycles. The molecule has 0 atom stereocenters. The molecule has 2 saturated heterocycles. The maximum atomic E-state index is 12.7. The molecule has 5 nitrogen and oxygen atoms in total. The summed E-state index contributed by atoms with van der Waals surface area (Å²) in [6.07, 6.45) is 4.45. The Morgan fingerprint density at radius 2 is 1.90 bits per heavy atom. The Morgan fingerprint density at radius 1 is 1.19 bits per heavy atom. The van der Waals surface area contributed by atoms with Gasteiger partial charge in [0.1, 0.15) is 5.69 Å². The molecule has 1 N–H and O–H groups in total. The zero-order valence-electron chi connectivity index (χ0n) is 12.1. The van der Waals surface area contributed by atoms with Crippen LogP contribution in [0.5, 0.6) is 0 Å². The number of likely N-dealkylation sites (tertiary alicyclic amines) is 1. The van der Waals surface area contributed by atoms with Gasteiger partial charge in [-0.1, -0.05) is 0 Å². The fourth-order valence-electron chi connectivity index (χ4n) is 3.33. The number of nitrogens with zero attached hydrogens (tertiary/aromatic N) is 3. The normalized spacial score (nSPS) is 24.1. The number of carbonyl (C=O) groups is 1. The zero-order chi connectivity index (χ0) is 14.4. The molecule has 0 radical (unpaired) electrons. The Balaban J connectivity index is 1.40. The standard InChI is InChI=1S/C15H21BrN4O/c16-11-7-14(20(8-11)12-1-2-12)15(21)19-9-13(10-19)18-5-3-17-4-6-18/h7-8,12-13,17H,1-6,9-10H2. The van der Waals surface area contributed by atoms with E-state index in [2.05, 4.69) is 36.9 Å². The van der Waals surface area contributed by atoms with E-state index in [1.807, 2.05) is 11.0 Å². The number of amides is 1. The molecule has 3 heterocycles. The molecule has 0 unspecified atom stereocenters. The van der Waals surface area contributed by atoms with Gasteiger partial charge < -0.3 is 14.8 Å². The molecular weight excluding hydrogens is 332 g/mol. The lowest BCUT2D eigenvalue weighted by molar-refractivity contribution is 0.0219. The molecular formula is C15H21BrN4O. The van der Waals surface area contributed by atoms with Crippen LogP contribution in [0.15, 0.2) is 16.7 Å². The Hall–Kier alpha value is -0.850. The number of aromatic nitrogens is 1. The van der Waals surface area contributed by atoms with Gasteiger partial charge in [0.25, 0.3) is 5.91 Å². The number of hydrogen-bond donors (Lipinski definition) is 1. The maximum absolute atomic E-state index is 12.7. The molecule has 21 heavy (non-hydrogen) atoms. The van der Waals surface area contributed by atoms with Crippen molar-refractivity contribution in [2.45, 2.75) is 24.9 Å². The highest BCUT2D eigenvalue weighted by atomic mass is 79.9. The minimum absolute atomic E-state index is 0.194. The Bertz CT molecular complexity index is 542. The molecule has 1 aromatic heterocycles. The number of halogens is 1. The summed E-state index contributed by atoms with van der Waals surface area (Å²) >= 11 is 3.50. The Labute approximate surface area is 133 Å². The third-order valence-electron chi connectivity index (χ3n) is 4.79. The maximum Gasteiger partial charge on any atom is 0.270 e. The zero-order valence-corrected chi connectivity index (χ0v) is 13.7. The van der Waals surface area contributed by atoms with Gasteiger partial charge in [-0.2, -0.15) is 0 Å². The Kier molecular flexibility index (Phi) is 3.55. The molecule has 1 aromatic rings. The van der Waals surface area contributed by atoms with Crippen LogP contribution >= 0.6 is 15.9 Å². The first-order chi connectivity index (χ1) is 10.2. The van der Waals surface area contributed by atoms with Crippen LogP contribution in [0.3, 0.4) is 0 Å². The van der Waals surface area contributed by atoms with Crippen molar-refractivity contribution in [1.82, 2.24) is 19.7 Å². The second-order valence-corrected chi connectivity index (χ2v) is 7.25. The fourth-order valence-corrected chi connectivity index (χ4v) is 3.77. The summed E-state index contributed by atoms with van der Waals surface area (Å²) in [5.41, 5.74) is 0.850. The molecule has 3 fully saturated rings. The van der Waals surface area contributed by atoms with Gasteiger partial charge in [0, 0.05) is 62.0 Å². The van der Waals surface area contributed by atoms with Gasteiger partial charge in [-0.05, 0) is 34.8 Å². The molecule has 1 saturated carbocycles. The molecule has 2 aliphatic heterocycles. The van der Waals surface area contributed by atoms with E-state index in [-0.39, 0.29) is 5.91 Å². The van der Waals surface area contributed by atoms with Crippen LogP contribution in [0.2, 0.25) is 0 Å². The summed E-state index contributed by atoms with van der Waals surface area (Å²) in [5.74, 6) is 0.194. The van der Waals surface area contributed by atoms with E-state index >= 15 is 0 Å². The second-order valence-electron chi connectivity index (χ2n) is 6.33. The van der Waals surface area contributed by atoms with Crippen LogP contribution in [0.4, 0.5) is 0 Å². The highest BCUT2D eigenvalue weighted by Crippen LogP contribution is 2.38. The predicted molar refractivity (Wildman–Crippen MR) is 84.5 cm³/mol. The van der Waals surface area contributed by atoms with E-state index < -0.39 is 0 Å². The van der Waals surface area contributed by atoms with Gasteiger partial charge in [0.2, 0.25) is 0 Å². The predicted octanol–water partition coefficient (Wildman–Crippen LogP) is 1.32. The largest absolute Gasteiger partial charge is 0.339 e. The highest BCUT2D eigenvalue weighted by Gasteiger charge is 2.37. The minimum Gasteiger partial charge on any atom is -0.339 e. The number of nitrogens with one attached hydrogen (secondary N) is 1.